The van der Waals surface area contributed by atoms with Gasteiger partial charge in [-0.25, -0.2) is 4.52 Å². The standard InChI is InChI=1S/C37H44N6O6/c1-36(2,47)22-48-27-9-11-31-30(20-40-43(31)21-27)35(46)41-26-16-37(17-26)18-28(19-37)49-32-15-24(8-10-29(32)33(38)44)23-6-5-7-25(14-23)34(45)39-12-13-42(3)4/h5-11,14-15,20-21,26,28,47H,12-13,16-19,22H2,1-4H3,(H2,38,44)(H,39,45)(H,41,46). The SMILES string of the molecule is CN(C)CCNC(=O)c1cccc(-c2ccc(C(N)=O)c(OC3CC4(CC(NC(=O)c5cnn6cc(OCC(C)(C)O)ccc56)C4)C3)c2)c1. The molecule has 0 aliphatic heterocycles. The van der Waals surface area contributed by atoms with Gasteiger partial charge in [-0.15, -0.1) is 0 Å². The van der Waals surface area contributed by atoms with E-state index in [0.717, 1.165) is 43.4 Å². The summed E-state index contributed by atoms with van der Waals surface area (Å²) in [7, 11) is 3.91. The zero-order valence-corrected chi connectivity index (χ0v) is 28.4. The van der Waals surface area contributed by atoms with Gasteiger partial charge >= 0.3 is 0 Å². The van der Waals surface area contributed by atoms with Gasteiger partial charge in [-0.3, -0.25) is 14.4 Å². The number of likely N-dealkylation sites (N-methyl/N-ethyl adjacent to an activating group) is 1. The van der Waals surface area contributed by atoms with E-state index < -0.39 is 11.5 Å². The number of nitrogens with one attached hydrogen (secondary N) is 2. The third-order valence-corrected chi connectivity index (χ3v) is 9.18. The maximum absolute atomic E-state index is 13.1. The molecule has 6 rings (SSSR count). The van der Waals surface area contributed by atoms with Crippen molar-refractivity contribution in [3.8, 4) is 22.6 Å². The Bertz CT molecular complexity index is 1860. The number of pyridine rings is 1. The van der Waals surface area contributed by atoms with E-state index in [9.17, 15) is 19.5 Å². The van der Waals surface area contributed by atoms with E-state index in [1.807, 2.05) is 49.3 Å². The Labute approximate surface area is 285 Å². The highest BCUT2D eigenvalue weighted by Gasteiger charge is 2.54. The number of carbonyl (C=O) groups is 3. The third kappa shape index (κ3) is 7.87. The quantitative estimate of drug-likeness (QED) is 0.168. The summed E-state index contributed by atoms with van der Waals surface area (Å²) >= 11 is 0. The van der Waals surface area contributed by atoms with E-state index in [0.29, 0.717) is 40.3 Å². The summed E-state index contributed by atoms with van der Waals surface area (Å²) in [5.41, 5.74) is 8.48. The second kappa shape index (κ2) is 13.5. The molecule has 1 spiro atoms. The van der Waals surface area contributed by atoms with Crippen LogP contribution >= 0.6 is 0 Å². The predicted molar refractivity (Wildman–Crippen MR) is 185 cm³/mol. The first-order valence-electron chi connectivity index (χ1n) is 16.5. The fraction of sp³-hybridized carbons (Fsp3) is 0.405. The molecule has 0 unspecified atom stereocenters. The summed E-state index contributed by atoms with van der Waals surface area (Å²) in [5.74, 6) is 0.0841. The van der Waals surface area contributed by atoms with Crippen LogP contribution in [0.25, 0.3) is 16.6 Å². The third-order valence-electron chi connectivity index (χ3n) is 9.18. The van der Waals surface area contributed by atoms with E-state index in [1.54, 1.807) is 55.0 Å². The molecule has 5 N–H and O–H groups in total. The van der Waals surface area contributed by atoms with Gasteiger partial charge in [0.15, 0.2) is 0 Å². The molecule has 2 saturated carbocycles. The van der Waals surface area contributed by atoms with Crippen molar-refractivity contribution >= 4 is 23.2 Å². The van der Waals surface area contributed by atoms with Crippen LogP contribution in [0.3, 0.4) is 0 Å². The topological polar surface area (TPSA) is 161 Å². The number of aromatic nitrogens is 2. The van der Waals surface area contributed by atoms with Crippen molar-refractivity contribution in [2.45, 2.75) is 57.3 Å². The van der Waals surface area contributed by atoms with Crippen molar-refractivity contribution in [3.63, 3.8) is 0 Å². The number of rotatable bonds is 13. The zero-order chi connectivity index (χ0) is 34.9. The van der Waals surface area contributed by atoms with Gasteiger partial charge < -0.3 is 35.8 Å². The first-order chi connectivity index (χ1) is 23.3. The molecule has 0 radical (unpaired) electrons. The van der Waals surface area contributed by atoms with E-state index in [1.165, 1.54) is 0 Å². The molecule has 2 heterocycles. The fourth-order valence-corrected chi connectivity index (χ4v) is 6.68. The second-order valence-corrected chi connectivity index (χ2v) is 14.3. The molecule has 4 aromatic rings. The van der Waals surface area contributed by atoms with Gasteiger partial charge in [0, 0.05) is 24.7 Å². The smallest absolute Gasteiger partial charge is 0.255 e. The molecule has 49 heavy (non-hydrogen) atoms. The van der Waals surface area contributed by atoms with Crippen molar-refractivity contribution in [3.05, 3.63) is 83.7 Å². The molecule has 0 bridgehead atoms. The number of fused-ring (bicyclic) bond motifs is 1. The van der Waals surface area contributed by atoms with Gasteiger partial charge in [-0.05, 0) is 107 Å². The number of carbonyl (C=O) groups excluding carboxylic acids is 3. The van der Waals surface area contributed by atoms with Gasteiger partial charge in [0.25, 0.3) is 17.7 Å². The summed E-state index contributed by atoms with van der Waals surface area (Å²) in [6.45, 7) is 4.76. The lowest BCUT2D eigenvalue weighted by Crippen LogP contribution is -2.58. The van der Waals surface area contributed by atoms with Gasteiger partial charge in [0.1, 0.15) is 18.1 Å². The summed E-state index contributed by atoms with van der Waals surface area (Å²) < 4.78 is 13.6. The molecule has 2 aromatic heterocycles. The minimum atomic E-state index is -0.964. The van der Waals surface area contributed by atoms with Crippen molar-refractivity contribution < 1.29 is 29.0 Å². The van der Waals surface area contributed by atoms with Crippen LogP contribution in [0.1, 0.15) is 70.6 Å². The number of nitrogens with zero attached hydrogens (tertiary/aromatic N) is 3. The molecular weight excluding hydrogens is 624 g/mol. The highest BCUT2D eigenvalue weighted by Crippen LogP contribution is 2.57. The molecule has 2 fully saturated rings. The molecule has 2 aromatic carbocycles. The molecule has 258 valence electrons. The average Bonchev–Trinajstić information content (AvgIpc) is 3.44. The van der Waals surface area contributed by atoms with Gasteiger partial charge in [-0.2, -0.15) is 5.10 Å². The number of hydrogen-bond donors (Lipinski definition) is 4. The van der Waals surface area contributed by atoms with E-state index in [-0.39, 0.29) is 36.0 Å². The molecule has 2 aliphatic rings. The van der Waals surface area contributed by atoms with Gasteiger partial charge in [0.05, 0.1) is 40.7 Å². The summed E-state index contributed by atoms with van der Waals surface area (Å²) in [6.07, 6.45) is 6.48. The Hall–Kier alpha value is -4.94. The Morgan fingerprint density at radius 1 is 1.02 bits per heavy atom. The normalized spacial score (nSPS) is 20.0. The number of benzene rings is 2. The predicted octanol–water partition coefficient (Wildman–Crippen LogP) is 3.66. The van der Waals surface area contributed by atoms with Crippen LogP contribution in [0.15, 0.2) is 67.0 Å². The number of nitrogens with two attached hydrogens (primary N) is 1. The molecule has 12 nitrogen and oxygen atoms in total. The van der Waals surface area contributed by atoms with Crippen LogP contribution in [-0.4, -0.2) is 88.9 Å². The maximum Gasteiger partial charge on any atom is 0.255 e. The van der Waals surface area contributed by atoms with Crippen LogP contribution in [0, 0.1) is 5.41 Å². The maximum atomic E-state index is 13.1. The minimum absolute atomic E-state index is 0.0506. The molecule has 0 atom stereocenters. The van der Waals surface area contributed by atoms with Crippen molar-refractivity contribution in [2.24, 2.45) is 11.1 Å². The Kier molecular flexibility index (Phi) is 9.37. The second-order valence-electron chi connectivity index (χ2n) is 14.3. The molecule has 3 amide bonds. The minimum Gasteiger partial charge on any atom is -0.490 e. The number of primary amides is 1. The highest BCUT2D eigenvalue weighted by molar-refractivity contribution is 6.01. The summed E-state index contributed by atoms with van der Waals surface area (Å²) in [4.78, 5) is 40.1. The van der Waals surface area contributed by atoms with E-state index in [2.05, 4.69) is 15.7 Å². The fourth-order valence-electron chi connectivity index (χ4n) is 6.68. The summed E-state index contributed by atoms with van der Waals surface area (Å²) in [6, 6.07) is 16.2. The van der Waals surface area contributed by atoms with Crippen LogP contribution in [0.4, 0.5) is 0 Å². The van der Waals surface area contributed by atoms with E-state index >= 15 is 0 Å². The summed E-state index contributed by atoms with van der Waals surface area (Å²) in [5, 5.41) is 20.3. The first-order valence-corrected chi connectivity index (χ1v) is 16.5. The van der Waals surface area contributed by atoms with Crippen LogP contribution in [-0.2, 0) is 0 Å². The van der Waals surface area contributed by atoms with Crippen molar-refractivity contribution in [1.29, 1.82) is 0 Å². The number of amides is 3. The monoisotopic (exact) mass is 668 g/mol. The van der Waals surface area contributed by atoms with Crippen LogP contribution < -0.4 is 25.8 Å². The zero-order valence-electron chi connectivity index (χ0n) is 28.4. The Morgan fingerprint density at radius 2 is 1.78 bits per heavy atom. The lowest BCUT2D eigenvalue weighted by Gasteiger charge is -2.57. The molecule has 12 heteroatoms. The molecular formula is C37H44N6O6. The van der Waals surface area contributed by atoms with Gasteiger partial charge in [-0.1, -0.05) is 18.2 Å². The van der Waals surface area contributed by atoms with Crippen molar-refractivity contribution in [1.82, 2.24) is 25.1 Å². The molecule has 2 aliphatic carbocycles. The van der Waals surface area contributed by atoms with Gasteiger partial charge in [0.2, 0.25) is 0 Å². The Balaban J connectivity index is 1.04. The highest BCUT2D eigenvalue weighted by atomic mass is 16.5. The number of ether oxygens (including phenoxy) is 2. The first kappa shape index (κ1) is 33.9. The Morgan fingerprint density at radius 3 is 2.49 bits per heavy atom. The lowest BCUT2D eigenvalue weighted by molar-refractivity contribution is -0.0834. The number of hydrogen-bond acceptors (Lipinski definition) is 8. The van der Waals surface area contributed by atoms with E-state index in [4.69, 9.17) is 15.2 Å². The largest absolute Gasteiger partial charge is 0.490 e. The van der Waals surface area contributed by atoms with Crippen LogP contribution in [0.5, 0.6) is 11.5 Å². The molecule has 0 saturated heterocycles. The lowest BCUT2D eigenvalue weighted by atomic mass is 9.53. The average molecular weight is 669 g/mol. The van der Waals surface area contributed by atoms with Crippen molar-refractivity contribution in [2.75, 3.05) is 33.8 Å². The number of aliphatic hydroxyl groups is 1. The van der Waals surface area contributed by atoms with Crippen LogP contribution in [0.2, 0.25) is 0 Å².